The monoisotopic (exact) mass is 436 g/mol. The fourth-order valence-electron chi connectivity index (χ4n) is 6.88. The van der Waals surface area contributed by atoms with Gasteiger partial charge in [0.05, 0.1) is 0 Å². The Morgan fingerprint density at radius 2 is 1.74 bits per heavy atom. The van der Waals surface area contributed by atoms with Gasteiger partial charge in [0.1, 0.15) is 5.01 Å². The van der Waals surface area contributed by atoms with Crippen molar-refractivity contribution in [2.75, 3.05) is 11.9 Å². The van der Waals surface area contributed by atoms with E-state index in [1.807, 2.05) is 29.2 Å². The average Bonchev–Trinajstić information content (AvgIpc) is 3.37. The molecule has 2 heterocycles. The Bertz CT molecular complexity index is 980. The van der Waals surface area contributed by atoms with Crippen LogP contribution in [0.25, 0.3) is 0 Å². The van der Waals surface area contributed by atoms with Gasteiger partial charge in [0, 0.05) is 30.5 Å². The zero-order valence-electron chi connectivity index (χ0n) is 17.7. The summed E-state index contributed by atoms with van der Waals surface area (Å²) in [5, 5.41) is 13.6. The highest BCUT2D eigenvalue weighted by Crippen LogP contribution is 2.61. The average molecular weight is 437 g/mol. The van der Waals surface area contributed by atoms with E-state index in [0.717, 1.165) is 41.3 Å². The maximum Gasteiger partial charge on any atom is 0.257 e. The number of hydrogen-bond acceptors (Lipinski definition) is 5. The summed E-state index contributed by atoms with van der Waals surface area (Å²) in [5.74, 6) is 2.65. The van der Waals surface area contributed by atoms with E-state index >= 15 is 0 Å². The van der Waals surface area contributed by atoms with Gasteiger partial charge >= 0.3 is 0 Å². The van der Waals surface area contributed by atoms with E-state index in [2.05, 4.69) is 15.5 Å². The Morgan fingerprint density at radius 3 is 2.35 bits per heavy atom. The summed E-state index contributed by atoms with van der Waals surface area (Å²) in [6.45, 7) is 1.44. The highest BCUT2D eigenvalue weighted by molar-refractivity contribution is 7.15. The summed E-state index contributed by atoms with van der Waals surface area (Å²) in [4.78, 5) is 26.4. The summed E-state index contributed by atoms with van der Waals surface area (Å²) >= 11 is 1.57. The molecule has 5 fully saturated rings. The molecule has 31 heavy (non-hydrogen) atoms. The van der Waals surface area contributed by atoms with Crippen molar-refractivity contribution in [3.63, 3.8) is 0 Å². The van der Waals surface area contributed by atoms with E-state index in [1.165, 1.54) is 38.5 Å². The molecule has 7 rings (SSSR count). The van der Waals surface area contributed by atoms with Crippen LogP contribution in [0.4, 0.5) is 5.13 Å². The van der Waals surface area contributed by atoms with Gasteiger partial charge in [0.15, 0.2) is 0 Å². The van der Waals surface area contributed by atoms with Crippen LogP contribution in [-0.2, 0) is 16.8 Å². The van der Waals surface area contributed by atoms with Gasteiger partial charge in [-0.25, -0.2) is 0 Å². The first-order valence-corrected chi connectivity index (χ1v) is 12.4. The highest BCUT2D eigenvalue weighted by atomic mass is 32.1. The van der Waals surface area contributed by atoms with Crippen molar-refractivity contribution < 1.29 is 9.59 Å². The molecule has 0 radical (unpaired) electrons. The van der Waals surface area contributed by atoms with Crippen LogP contribution < -0.4 is 5.32 Å². The maximum absolute atomic E-state index is 12.7. The molecular formula is C24H28N4O2S. The van der Waals surface area contributed by atoms with Gasteiger partial charge in [0.2, 0.25) is 11.0 Å². The Labute approximate surface area is 186 Å². The molecule has 0 atom stereocenters. The van der Waals surface area contributed by atoms with Crippen molar-refractivity contribution in [3.8, 4) is 0 Å². The Hall–Kier alpha value is -2.28. The second-order valence-electron chi connectivity index (χ2n) is 10.2. The van der Waals surface area contributed by atoms with Crippen LogP contribution in [0.2, 0.25) is 0 Å². The maximum atomic E-state index is 12.7. The number of rotatable bonds is 5. The van der Waals surface area contributed by atoms with Crippen molar-refractivity contribution >= 4 is 28.3 Å². The topological polar surface area (TPSA) is 75.2 Å². The van der Waals surface area contributed by atoms with E-state index in [9.17, 15) is 9.59 Å². The minimum Gasteiger partial charge on any atom is -0.338 e. The number of anilines is 1. The summed E-state index contributed by atoms with van der Waals surface area (Å²) in [5.41, 5.74) is 1.86. The van der Waals surface area contributed by atoms with Gasteiger partial charge in [-0.2, -0.15) is 0 Å². The number of carbonyl (C=O) groups is 2. The van der Waals surface area contributed by atoms with Crippen LogP contribution in [-0.4, -0.2) is 33.5 Å². The van der Waals surface area contributed by atoms with Crippen LogP contribution in [0.1, 0.15) is 72.3 Å². The first-order chi connectivity index (χ1) is 15.1. The number of benzene rings is 1. The van der Waals surface area contributed by atoms with Gasteiger partial charge in [-0.1, -0.05) is 23.5 Å². The zero-order chi connectivity index (χ0) is 21.0. The van der Waals surface area contributed by atoms with E-state index in [0.29, 0.717) is 23.7 Å². The quantitative estimate of drug-likeness (QED) is 0.755. The van der Waals surface area contributed by atoms with Crippen molar-refractivity contribution in [1.82, 2.24) is 15.1 Å². The minimum absolute atomic E-state index is 0.156. The lowest BCUT2D eigenvalue weighted by molar-refractivity contribution is -0.128. The molecule has 4 bridgehead atoms. The van der Waals surface area contributed by atoms with Gasteiger partial charge < -0.3 is 4.90 Å². The van der Waals surface area contributed by atoms with Gasteiger partial charge in [-0.05, 0) is 80.4 Å². The first kappa shape index (κ1) is 19.4. The van der Waals surface area contributed by atoms with E-state index in [-0.39, 0.29) is 17.2 Å². The number of nitrogens with zero attached hydrogens (tertiary/aromatic N) is 3. The van der Waals surface area contributed by atoms with Crippen LogP contribution in [0.5, 0.6) is 0 Å². The molecule has 7 heteroatoms. The third-order valence-electron chi connectivity index (χ3n) is 7.90. The second kappa shape index (κ2) is 7.40. The van der Waals surface area contributed by atoms with Crippen LogP contribution in [0.3, 0.4) is 0 Å². The third kappa shape index (κ3) is 3.56. The predicted molar refractivity (Wildman–Crippen MR) is 119 cm³/mol. The molecule has 0 unspecified atom stereocenters. The molecule has 1 saturated heterocycles. The molecule has 1 N–H and O–H groups in total. The summed E-state index contributed by atoms with van der Waals surface area (Å²) in [7, 11) is 0. The lowest BCUT2D eigenvalue weighted by Gasteiger charge is -2.55. The van der Waals surface area contributed by atoms with Gasteiger partial charge in [-0.15, -0.1) is 10.2 Å². The summed E-state index contributed by atoms with van der Waals surface area (Å²) in [6, 6.07) is 7.52. The standard InChI is InChI=1S/C24H28N4O2S/c29-20-2-1-7-28(20)14-15-3-5-19(6-4-15)21(30)25-23-27-26-22(31-23)24-11-16-8-17(12-24)10-18(9-16)13-24/h3-6,16-18H,1-2,7-14H2,(H,25,27,30). The number of carbonyl (C=O) groups excluding carboxylic acids is 2. The number of amides is 2. The Morgan fingerprint density at radius 1 is 1.06 bits per heavy atom. The molecule has 1 aromatic heterocycles. The second-order valence-corrected chi connectivity index (χ2v) is 11.2. The number of nitrogens with one attached hydrogen (secondary N) is 1. The van der Waals surface area contributed by atoms with Crippen LogP contribution >= 0.6 is 11.3 Å². The van der Waals surface area contributed by atoms with Crippen LogP contribution in [0.15, 0.2) is 24.3 Å². The lowest BCUT2D eigenvalue weighted by Crippen LogP contribution is -2.48. The normalized spacial score (nSPS) is 31.4. The molecular weight excluding hydrogens is 408 g/mol. The number of hydrogen-bond donors (Lipinski definition) is 1. The lowest BCUT2D eigenvalue weighted by atomic mass is 9.50. The van der Waals surface area contributed by atoms with Crippen molar-refractivity contribution in [2.24, 2.45) is 17.8 Å². The molecule has 5 aliphatic rings. The molecule has 1 aliphatic heterocycles. The zero-order valence-corrected chi connectivity index (χ0v) is 18.5. The molecule has 0 spiro atoms. The van der Waals surface area contributed by atoms with Gasteiger partial charge in [0.25, 0.3) is 5.91 Å². The Kier molecular flexibility index (Phi) is 4.63. The van der Waals surface area contributed by atoms with E-state index in [4.69, 9.17) is 0 Å². The summed E-state index contributed by atoms with van der Waals surface area (Å²) < 4.78 is 0. The Balaban J connectivity index is 1.12. The highest BCUT2D eigenvalue weighted by Gasteiger charge is 2.53. The number of aromatic nitrogens is 2. The largest absolute Gasteiger partial charge is 0.338 e. The SMILES string of the molecule is O=C(Nc1nnc(C23CC4CC(CC(C4)C2)C3)s1)c1ccc(CN2CCCC2=O)cc1. The van der Waals surface area contributed by atoms with Crippen LogP contribution in [0, 0.1) is 17.8 Å². The fraction of sp³-hybridized carbons (Fsp3) is 0.583. The fourth-order valence-corrected chi connectivity index (χ4v) is 7.84. The summed E-state index contributed by atoms with van der Waals surface area (Å²) in [6.07, 6.45) is 9.56. The molecule has 4 saturated carbocycles. The first-order valence-electron chi connectivity index (χ1n) is 11.6. The van der Waals surface area contributed by atoms with E-state index < -0.39 is 0 Å². The molecule has 4 aliphatic carbocycles. The van der Waals surface area contributed by atoms with E-state index in [1.54, 1.807) is 11.3 Å². The predicted octanol–water partition coefficient (Wildman–Crippen LogP) is 4.38. The third-order valence-corrected chi connectivity index (χ3v) is 8.98. The smallest absolute Gasteiger partial charge is 0.257 e. The molecule has 2 amide bonds. The molecule has 2 aromatic rings. The molecule has 6 nitrogen and oxygen atoms in total. The van der Waals surface area contributed by atoms with Gasteiger partial charge in [-0.3, -0.25) is 14.9 Å². The minimum atomic E-state index is -0.156. The van der Waals surface area contributed by atoms with Crippen molar-refractivity contribution in [3.05, 3.63) is 40.4 Å². The molecule has 1 aromatic carbocycles. The van der Waals surface area contributed by atoms with Crippen molar-refractivity contribution in [1.29, 1.82) is 0 Å². The number of likely N-dealkylation sites (tertiary alicyclic amines) is 1. The van der Waals surface area contributed by atoms with Crippen molar-refractivity contribution in [2.45, 2.75) is 63.3 Å². The molecule has 162 valence electrons.